The fraction of sp³-hybridized carbons (Fsp3) is 0.250. The summed E-state index contributed by atoms with van der Waals surface area (Å²) in [5.41, 5.74) is 3.33. The van der Waals surface area contributed by atoms with Crippen LogP contribution in [0.5, 0.6) is 0 Å². The van der Waals surface area contributed by atoms with Gasteiger partial charge in [0.15, 0.2) is 11.0 Å². The van der Waals surface area contributed by atoms with Crippen LogP contribution in [0.3, 0.4) is 0 Å². The Morgan fingerprint density at radius 1 is 1.15 bits per heavy atom. The van der Waals surface area contributed by atoms with Crippen LogP contribution in [-0.4, -0.2) is 17.3 Å². The summed E-state index contributed by atoms with van der Waals surface area (Å²) in [7, 11) is -1.15. The quantitative estimate of drug-likeness (QED) is 0.939. The van der Waals surface area contributed by atoms with Crippen LogP contribution < -0.4 is 9.62 Å². The van der Waals surface area contributed by atoms with E-state index < -0.39 is 11.0 Å². The van der Waals surface area contributed by atoms with E-state index in [0.29, 0.717) is 0 Å². The monoisotopic (exact) mass is 286 g/mol. The van der Waals surface area contributed by atoms with E-state index in [-0.39, 0.29) is 0 Å². The van der Waals surface area contributed by atoms with Gasteiger partial charge in [0.05, 0.1) is 16.3 Å². The van der Waals surface area contributed by atoms with Crippen LogP contribution >= 0.6 is 0 Å². The number of hydrogen-bond acceptors (Lipinski definition) is 2. The molecule has 0 amide bonds. The number of rotatable bonds is 3. The third kappa shape index (κ3) is 2.43. The van der Waals surface area contributed by atoms with E-state index in [1.54, 1.807) is 0 Å². The molecule has 4 heteroatoms. The van der Waals surface area contributed by atoms with Gasteiger partial charge in [-0.2, -0.15) is 0 Å². The van der Waals surface area contributed by atoms with Gasteiger partial charge in [0.2, 0.25) is 0 Å². The molecule has 0 saturated carbocycles. The highest BCUT2D eigenvalue weighted by molar-refractivity contribution is 7.86. The standard InChI is InChI=1S/C16H18N2OS/c1-2-13-7-9-14(10-8-13)20(19)18-12-11-17-15-5-3-4-6-16(15)18/h3-10,17H,2,11-12H2,1H3. The lowest BCUT2D eigenvalue weighted by Crippen LogP contribution is -2.35. The fourth-order valence-corrected chi connectivity index (χ4v) is 3.61. The van der Waals surface area contributed by atoms with Crippen LogP contribution in [0.1, 0.15) is 12.5 Å². The third-order valence-electron chi connectivity index (χ3n) is 3.54. The van der Waals surface area contributed by atoms with Gasteiger partial charge in [-0.1, -0.05) is 31.2 Å². The fourth-order valence-electron chi connectivity index (χ4n) is 2.39. The molecule has 20 heavy (non-hydrogen) atoms. The molecule has 0 radical (unpaired) electrons. The number of nitrogens with zero attached hydrogens (tertiary/aromatic N) is 1. The number of nitrogens with one attached hydrogen (secondary N) is 1. The van der Waals surface area contributed by atoms with Crippen molar-refractivity contribution in [3.8, 4) is 0 Å². The smallest absolute Gasteiger partial charge is 0.153 e. The Morgan fingerprint density at radius 3 is 2.65 bits per heavy atom. The Bertz CT molecular complexity index is 625. The molecule has 2 aromatic carbocycles. The molecule has 1 atom stereocenters. The number of anilines is 2. The Balaban J connectivity index is 1.91. The van der Waals surface area contributed by atoms with Gasteiger partial charge in [-0.25, -0.2) is 4.21 Å². The Kier molecular flexibility index (Phi) is 3.74. The normalized spacial score (nSPS) is 15.3. The molecule has 0 bridgehead atoms. The van der Waals surface area contributed by atoms with Gasteiger partial charge in [0, 0.05) is 13.1 Å². The number of hydrogen-bond donors (Lipinski definition) is 1. The number of fused-ring (bicyclic) bond motifs is 1. The van der Waals surface area contributed by atoms with Crippen molar-refractivity contribution >= 4 is 22.4 Å². The van der Waals surface area contributed by atoms with E-state index >= 15 is 0 Å². The molecule has 0 saturated heterocycles. The topological polar surface area (TPSA) is 32.3 Å². The predicted octanol–water partition coefficient (Wildman–Crippen LogP) is 3.20. The van der Waals surface area contributed by atoms with Crippen molar-refractivity contribution in [1.29, 1.82) is 0 Å². The highest BCUT2D eigenvalue weighted by atomic mass is 32.2. The Morgan fingerprint density at radius 2 is 1.90 bits per heavy atom. The van der Waals surface area contributed by atoms with Crippen molar-refractivity contribution in [2.24, 2.45) is 0 Å². The van der Waals surface area contributed by atoms with Crippen LogP contribution in [-0.2, 0) is 17.4 Å². The molecule has 3 nitrogen and oxygen atoms in total. The second-order valence-corrected chi connectivity index (χ2v) is 6.20. The molecule has 1 unspecified atom stereocenters. The highest BCUT2D eigenvalue weighted by Gasteiger charge is 2.21. The van der Waals surface area contributed by atoms with Crippen molar-refractivity contribution in [1.82, 2.24) is 0 Å². The first-order valence-electron chi connectivity index (χ1n) is 6.91. The Hall–Kier alpha value is -1.81. The summed E-state index contributed by atoms with van der Waals surface area (Å²) in [5, 5.41) is 3.34. The number of benzene rings is 2. The molecule has 1 aliphatic heterocycles. The molecule has 0 aliphatic carbocycles. The van der Waals surface area contributed by atoms with Gasteiger partial charge in [-0.3, -0.25) is 4.31 Å². The van der Waals surface area contributed by atoms with E-state index in [2.05, 4.69) is 24.4 Å². The molecule has 0 spiro atoms. The van der Waals surface area contributed by atoms with Crippen molar-refractivity contribution in [3.63, 3.8) is 0 Å². The van der Waals surface area contributed by atoms with Crippen molar-refractivity contribution in [2.75, 3.05) is 22.7 Å². The molecule has 0 fully saturated rings. The maximum absolute atomic E-state index is 12.8. The van der Waals surface area contributed by atoms with E-state index in [9.17, 15) is 4.21 Å². The summed E-state index contributed by atoms with van der Waals surface area (Å²) in [6.45, 7) is 3.69. The van der Waals surface area contributed by atoms with E-state index in [4.69, 9.17) is 0 Å². The molecule has 1 N–H and O–H groups in total. The van der Waals surface area contributed by atoms with E-state index in [0.717, 1.165) is 35.8 Å². The van der Waals surface area contributed by atoms with Crippen LogP contribution in [0.4, 0.5) is 11.4 Å². The van der Waals surface area contributed by atoms with Crippen LogP contribution in [0.15, 0.2) is 53.4 Å². The molecule has 1 heterocycles. The molecule has 0 aromatic heterocycles. The highest BCUT2D eigenvalue weighted by Crippen LogP contribution is 2.31. The first-order valence-corrected chi connectivity index (χ1v) is 8.01. The van der Waals surface area contributed by atoms with Crippen molar-refractivity contribution in [2.45, 2.75) is 18.2 Å². The average molecular weight is 286 g/mol. The van der Waals surface area contributed by atoms with Crippen LogP contribution in [0, 0.1) is 0 Å². The molecule has 104 valence electrons. The molecule has 1 aliphatic rings. The van der Waals surface area contributed by atoms with Gasteiger partial charge in [-0.15, -0.1) is 0 Å². The maximum Gasteiger partial charge on any atom is 0.153 e. The molecule has 2 aromatic rings. The second-order valence-electron chi connectivity index (χ2n) is 4.79. The van der Waals surface area contributed by atoms with Gasteiger partial charge in [0.1, 0.15) is 0 Å². The summed E-state index contributed by atoms with van der Waals surface area (Å²) >= 11 is 0. The lowest BCUT2D eigenvalue weighted by atomic mass is 10.2. The first-order chi connectivity index (χ1) is 9.79. The largest absolute Gasteiger partial charge is 0.382 e. The minimum atomic E-state index is -1.15. The SMILES string of the molecule is CCc1ccc(S(=O)N2CCNc3ccccc32)cc1. The molecule has 3 rings (SSSR count). The summed E-state index contributed by atoms with van der Waals surface area (Å²) in [5.74, 6) is 0. The molecular formula is C16H18N2OS. The van der Waals surface area contributed by atoms with Crippen LogP contribution in [0.2, 0.25) is 0 Å². The third-order valence-corrected chi connectivity index (χ3v) is 4.99. The lowest BCUT2D eigenvalue weighted by Gasteiger charge is -2.30. The number of para-hydroxylation sites is 2. The summed E-state index contributed by atoms with van der Waals surface area (Å²) in [6, 6.07) is 16.1. The number of aryl methyl sites for hydroxylation is 1. The predicted molar refractivity (Wildman–Crippen MR) is 84.5 cm³/mol. The van der Waals surface area contributed by atoms with Crippen molar-refractivity contribution < 1.29 is 4.21 Å². The van der Waals surface area contributed by atoms with Gasteiger partial charge in [-0.05, 0) is 36.2 Å². The Labute approximate surface area is 122 Å². The van der Waals surface area contributed by atoms with Gasteiger partial charge >= 0.3 is 0 Å². The molecular weight excluding hydrogens is 268 g/mol. The zero-order valence-corrected chi connectivity index (χ0v) is 12.3. The zero-order chi connectivity index (χ0) is 13.9. The maximum atomic E-state index is 12.8. The van der Waals surface area contributed by atoms with Gasteiger partial charge < -0.3 is 5.32 Å². The minimum Gasteiger partial charge on any atom is -0.382 e. The zero-order valence-electron chi connectivity index (χ0n) is 11.5. The summed E-state index contributed by atoms with van der Waals surface area (Å²) < 4.78 is 14.7. The second kappa shape index (κ2) is 5.67. The van der Waals surface area contributed by atoms with E-state index in [1.165, 1.54) is 5.56 Å². The first kappa shape index (κ1) is 13.2. The van der Waals surface area contributed by atoms with Gasteiger partial charge in [0.25, 0.3) is 0 Å². The van der Waals surface area contributed by atoms with E-state index in [1.807, 2.05) is 40.7 Å². The van der Waals surface area contributed by atoms with Crippen LogP contribution in [0.25, 0.3) is 0 Å². The minimum absolute atomic E-state index is 0.749. The van der Waals surface area contributed by atoms with Crippen molar-refractivity contribution in [3.05, 3.63) is 54.1 Å². The summed E-state index contributed by atoms with van der Waals surface area (Å²) in [6.07, 6.45) is 1.00. The summed E-state index contributed by atoms with van der Waals surface area (Å²) in [4.78, 5) is 0.860. The average Bonchev–Trinajstić information content (AvgIpc) is 2.54. The lowest BCUT2D eigenvalue weighted by molar-refractivity contribution is 0.678.